The van der Waals surface area contributed by atoms with Crippen molar-refractivity contribution in [2.45, 2.75) is 0 Å². The molecule has 0 N–H and O–H groups in total. The third-order valence-corrected chi connectivity index (χ3v) is 3.71. The third-order valence-electron chi connectivity index (χ3n) is 3.52. The quantitative estimate of drug-likeness (QED) is 0.663. The second-order valence-electron chi connectivity index (χ2n) is 4.86. The molecule has 1 heterocycles. The minimum Gasteiger partial charge on any atom is -0.497 e. The summed E-state index contributed by atoms with van der Waals surface area (Å²) in [6, 6.07) is 15.4. The van der Waals surface area contributed by atoms with Gasteiger partial charge in [-0.15, -0.1) is 0 Å². The predicted molar refractivity (Wildman–Crippen MR) is 91.0 cm³/mol. The number of hydrogen-bond acceptors (Lipinski definition) is 4. The Morgan fingerprint density at radius 2 is 1.30 bits per heavy atom. The summed E-state index contributed by atoms with van der Waals surface area (Å²) >= 11 is 5.99. The number of benzene rings is 2. The molecule has 2 aromatic carbocycles. The Kier molecular flexibility index (Phi) is 4.44. The normalized spacial score (nSPS) is 10.4. The van der Waals surface area contributed by atoms with Crippen LogP contribution in [0.4, 0.5) is 0 Å². The van der Waals surface area contributed by atoms with Gasteiger partial charge in [0.1, 0.15) is 11.5 Å². The molecule has 116 valence electrons. The second kappa shape index (κ2) is 6.67. The molecule has 0 unspecified atom stereocenters. The molecular weight excluding hydrogens is 312 g/mol. The summed E-state index contributed by atoms with van der Waals surface area (Å²) in [5, 5.41) is 0.216. The van der Waals surface area contributed by atoms with Gasteiger partial charge in [0.25, 0.3) is 0 Å². The molecule has 0 radical (unpaired) electrons. The molecule has 0 aliphatic rings. The van der Waals surface area contributed by atoms with Crippen molar-refractivity contribution in [3.8, 4) is 33.9 Å². The Bertz CT molecular complexity index is 802. The summed E-state index contributed by atoms with van der Waals surface area (Å²) in [7, 11) is 3.28. The van der Waals surface area contributed by atoms with E-state index in [9.17, 15) is 0 Å². The van der Waals surface area contributed by atoms with Crippen LogP contribution < -0.4 is 9.47 Å². The van der Waals surface area contributed by atoms with Crippen LogP contribution >= 0.6 is 11.6 Å². The van der Waals surface area contributed by atoms with Gasteiger partial charge in [-0.3, -0.25) is 0 Å². The number of nitrogens with zero attached hydrogens (tertiary/aromatic N) is 2. The number of ether oxygens (including phenoxy) is 2. The zero-order chi connectivity index (χ0) is 16.2. The Morgan fingerprint density at radius 1 is 0.783 bits per heavy atom. The van der Waals surface area contributed by atoms with Crippen LogP contribution in [0.15, 0.2) is 54.7 Å². The van der Waals surface area contributed by atoms with E-state index in [4.69, 9.17) is 21.1 Å². The Balaban J connectivity index is 2.09. The van der Waals surface area contributed by atoms with Crippen molar-refractivity contribution >= 4 is 11.6 Å². The van der Waals surface area contributed by atoms with E-state index in [0.29, 0.717) is 0 Å². The molecule has 0 aliphatic heterocycles. The van der Waals surface area contributed by atoms with Gasteiger partial charge in [0, 0.05) is 17.3 Å². The van der Waals surface area contributed by atoms with Crippen LogP contribution in [0.3, 0.4) is 0 Å². The maximum Gasteiger partial charge on any atom is 0.222 e. The lowest BCUT2D eigenvalue weighted by atomic mass is 10.0. The molecule has 0 bridgehead atoms. The van der Waals surface area contributed by atoms with Crippen molar-refractivity contribution in [1.29, 1.82) is 0 Å². The van der Waals surface area contributed by atoms with Crippen molar-refractivity contribution in [2.24, 2.45) is 0 Å². The molecule has 0 amide bonds. The molecule has 3 aromatic rings. The van der Waals surface area contributed by atoms with Gasteiger partial charge in [0.15, 0.2) is 0 Å². The fraction of sp³-hybridized carbons (Fsp3) is 0.111. The maximum atomic E-state index is 5.99. The van der Waals surface area contributed by atoms with Crippen LogP contribution in [0, 0.1) is 0 Å². The van der Waals surface area contributed by atoms with Crippen molar-refractivity contribution in [3.05, 3.63) is 60.0 Å². The molecule has 0 spiro atoms. The minimum absolute atomic E-state index is 0.216. The third kappa shape index (κ3) is 3.27. The van der Waals surface area contributed by atoms with E-state index in [-0.39, 0.29) is 5.28 Å². The maximum absolute atomic E-state index is 5.99. The summed E-state index contributed by atoms with van der Waals surface area (Å²) in [6.07, 6.45) is 1.73. The first-order valence-corrected chi connectivity index (χ1v) is 7.40. The number of hydrogen-bond donors (Lipinski definition) is 0. The van der Waals surface area contributed by atoms with Gasteiger partial charge in [-0.1, -0.05) is 12.1 Å². The van der Waals surface area contributed by atoms with Crippen molar-refractivity contribution < 1.29 is 9.47 Å². The molecule has 23 heavy (non-hydrogen) atoms. The average Bonchev–Trinajstić information content (AvgIpc) is 2.62. The number of halogens is 1. The molecule has 0 saturated heterocycles. The summed E-state index contributed by atoms with van der Waals surface area (Å²) in [5.74, 6) is 1.59. The average molecular weight is 327 g/mol. The van der Waals surface area contributed by atoms with Gasteiger partial charge in [0.2, 0.25) is 5.28 Å². The Labute approximate surface area is 139 Å². The summed E-state index contributed by atoms with van der Waals surface area (Å²) in [6.45, 7) is 0. The molecule has 0 atom stereocenters. The van der Waals surface area contributed by atoms with E-state index in [1.54, 1.807) is 20.4 Å². The van der Waals surface area contributed by atoms with Gasteiger partial charge in [-0.25, -0.2) is 9.97 Å². The van der Waals surface area contributed by atoms with Gasteiger partial charge in [-0.2, -0.15) is 0 Å². The first kappa shape index (κ1) is 15.3. The fourth-order valence-electron chi connectivity index (χ4n) is 2.31. The van der Waals surface area contributed by atoms with E-state index in [0.717, 1.165) is 33.9 Å². The van der Waals surface area contributed by atoms with Crippen molar-refractivity contribution in [1.82, 2.24) is 9.97 Å². The van der Waals surface area contributed by atoms with E-state index < -0.39 is 0 Å². The molecular formula is C18H15ClN2O2. The van der Waals surface area contributed by atoms with Gasteiger partial charge >= 0.3 is 0 Å². The largest absolute Gasteiger partial charge is 0.497 e. The van der Waals surface area contributed by atoms with Gasteiger partial charge in [0.05, 0.1) is 19.9 Å². The Morgan fingerprint density at radius 3 is 1.83 bits per heavy atom. The summed E-state index contributed by atoms with van der Waals surface area (Å²) in [5.41, 5.74) is 3.62. The molecule has 3 rings (SSSR count). The van der Waals surface area contributed by atoms with Crippen molar-refractivity contribution in [2.75, 3.05) is 14.2 Å². The monoisotopic (exact) mass is 326 g/mol. The molecule has 5 heteroatoms. The highest BCUT2D eigenvalue weighted by Crippen LogP contribution is 2.32. The summed E-state index contributed by atoms with van der Waals surface area (Å²) < 4.78 is 10.4. The zero-order valence-corrected chi connectivity index (χ0v) is 13.5. The highest BCUT2D eigenvalue weighted by atomic mass is 35.5. The standard InChI is InChI=1S/C18H15ClN2O2/c1-22-14-7-3-12(4-8-14)16-11-20-18(19)21-17(16)13-5-9-15(23-2)10-6-13/h3-11H,1-2H3. The highest BCUT2D eigenvalue weighted by Gasteiger charge is 2.11. The molecule has 0 saturated carbocycles. The van der Waals surface area contributed by atoms with Crippen LogP contribution in [0.2, 0.25) is 5.28 Å². The Hall–Kier alpha value is -2.59. The van der Waals surface area contributed by atoms with E-state index >= 15 is 0 Å². The van der Waals surface area contributed by atoms with E-state index in [1.165, 1.54) is 0 Å². The van der Waals surface area contributed by atoms with E-state index in [2.05, 4.69) is 9.97 Å². The summed E-state index contributed by atoms with van der Waals surface area (Å²) in [4.78, 5) is 8.52. The first-order chi connectivity index (χ1) is 11.2. The topological polar surface area (TPSA) is 44.2 Å². The van der Waals surface area contributed by atoms with Gasteiger partial charge < -0.3 is 9.47 Å². The fourth-order valence-corrected chi connectivity index (χ4v) is 2.44. The van der Waals surface area contributed by atoms with Crippen LogP contribution in [0.1, 0.15) is 0 Å². The molecule has 4 nitrogen and oxygen atoms in total. The van der Waals surface area contributed by atoms with Gasteiger partial charge in [-0.05, 0) is 53.6 Å². The minimum atomic E-state index is 0.216. The van der Waals surface area contributed by atoms with Crippen LogP contribution in [0.5, 0.6) is 11.5 Å². The van der Waals surface area contributed by atoms with Crippen molar-refractivity contribution in [3.63, 3.8) is 0 Å². The molecule has 1 aromatic heterocycles. The van der Waals surface area contributed by atoms with Crippen LogP contribution in [-0.2, 0) is 0 Å². The van der Waals surface area contributed by atoms with E-state index in [1.807, 2.05) is 48.5 Å². The number of rotatable bonds is 4. The number of aromatic nitrogens is 2. The smallest absolute Gasteiger partial charge is 0.222 e. The highest BCUT2D eigenvalue weighted by molar-refractivity contribution is 6.28. The first-order valence-electron chi connectivity index (χ1n) is 7.02. The predicted octanol–water partition coefficient (Wildman–Crippen LogP) is 4.48. The van der Waals surface area contributed by atoms with Crippen LogP contribution in [-0.4, -0.2) is 24.2 Å². The van der Waals surface area contributed by atoms with Crippen LogP contribution in [0.25, 0.3) is 22.4 Å². The zero-order valence-electron chi connectivity index (χ0n) is 12.8. The lowest BCUT2D eigenvalue weighted by Crippen LogP contribution is -1.93. The SMILES string of the molecule is COc1ccc(-c2cnc(Cl)nc2-c2ccc(OC)cc2)cc1. The number of methoxy groups -OCH3 is 2. The molecule has 0 aliphatic carbocycles. The lowest BCUT2D eigenvalue weighted by Gasteiger charge is -2.10. The lowest BCUT2D eigenvalue weighted by molar-refractivity contribution is 0.414. The molecule has 0 fully saturated rings. The second-order valence-corrected chi connectivity index (χ2v) is 5.20.